The Morgan fingerprint density at radius 2 is 1.85 bits per heavy atom. The number of rotatable bonds is 2. The van der Waals surface area contributed by atoms with Crippen LogP contribution in [0.5, 0.6) is 0 Å². The zero-order valence-corrected chi connectivity index (χ0v) is 15.8. The Morgan fingerprint density at radius 3 is 2.56 bits per heavy atom. The van der Waals surface area contributed by atoms with Crippen molar-refractivity contribution in [2.45, 2.75) is 13.8 Å². The highest BCUT2D eigenvalue weighted by Gasteiger charge is 2.22. The number of hydrogen-bond donors (Lipinski definition) is 2. The van der Waals surface area contributed by atoms with Gasteiger partial charge >= 0.3 is 0 Å². The van der Waals surface area contributed by atoms with Gasteiger partial charge in [-0.25, -0.2) is 9.50 Å². The number of hydrogen-bond acceptors (Lipinski definition) is 5. The SMILES string of the molecule is Cc1cc(-c2c(-c3cccc(C#N)c3)nn3ccc(N)nc23)cc(C)[p+]1O. The number of aromatic nitrogens is 3. The molecule has 0 fully saturated rings. The highest BCUT2D eigenvalue weighted by atomic mass is 31.1. The van der Waals surface area contributed by atoms with Crippen LogP contribution in [0.25, 0.3) is 28.0 Å². The molecule has 0 aliphatic heterocycles. The van der Waals surface area contributed by atoms with Crippen molar-refractivity contribution in [1.82, 2.24) is 14.6 Å². The average molecular weight is 374 g/mol. The van der Waals surface area contributed by atoms with Gasteiger partial charge < -0.3 is 5.73 Å². The molecule has 4 rings (SSSR count). The third-order valence-electron chi connectivity index (χ3n) is 4.46. The Balaban J connectivity index is 2.08. The van der Waals surface area contributed by atoms with Crippen LogP contribution >= 0.6 is 7.76 Å². The third kappa shape index (κ3) is 2.93. The van der Waals surface area contributed by atoms with Gasteiger partial charge in [0.15, 0.2) is 16.2 Å². The van der Waals surface area contributed by atoms with E-state index in [1.807, 2.05) is 44.2 Å². The second kappa shape index (κ2) is 6.48. The van der Waals surface area contributed by atoms with Gasteiger partial charge in [-0.1, -0.05) is 12.1 Å². The van der Waals surface area contributed by atoms with Crippen LogP contribution in [0, 0.1) is 25.2 Å². The summed E-state index contributed by atoms with van der Waals surface area (Å²) < 4.78 is 1.69. The maximum atomic E-state index is 10.3. The quantitative estimate of drug-likeness (QED) is 0.549. The van der Waals surface area contributed by atoms with Crippen LogP contribution in [-0.2, 0) is 0 Å². The number of nitrogens with zero attached hydrogens (tertiary/aromatic N) is 4. The van der Waals surface area contributed by atoms with Crippen molar-refractivity contribution in [3.63, 3.8) is 0 Å². The summed E-state index contributed by atoms with van der Waals surface area (Å²) >= 11 is 0. The topological polar surface area (TPSA) is 100 Å². The van der Waals surface area contributed by atoms with E-state index in [1.165, 1.54) is 0 Å². The predicted molar refractivity (Wildman–Crippen MR) is 107 cm³/mol. The minimum absolute atomic E-state index is 0.406. The molecule has 0 aliphatic carbocycles. The summed E-state index contributed by atoms with van der Waals surface area (Å²) in [5, 5.41) is 15.8. The van der Waals surface area contributed by atoms with E-state index in [0.717, 1.165) is 33.0 Å². The molecule has 0 saturated carbocycles. The molecule has 27 heavy (non-hydrogen) atoms. The smallest absolute Gasteiger partial charge is 0.288 e. The molecule has 0 atom stereocenters. The van der Waals surface area contributed by atoms with E-state index in [4.69, 9.17) is 10.8 Å². The van der Waals surface area contributed by atoms with Crippen LogP contribution in [-0.4, -0.2) is 19.5 Å². The standard InChI is InChI=1S/C20H17N5OP/c1-12-8-16(9-13(2)27(12)26)18-19(15-5-3-4-14(10-15)11-21)24-25-7-6-17(22)23-20(18)25/h3-10,26H,1-2H3,(H2,22,23)/q+1. The van der Waals surface area contributed by atoms with Crippen molar-refractivity contribution in [2.75, 3.05) is 5.73 Å². The fourth-order valence-corrected chi connectivity index (χ4v) is 4.26. The maximum Gasteiger partial charge on any atom is 0.288 e. The van der Waals surface area contributed by atoms with Crippen LogP contribution in [0.2, 0.25) is 0 Å². The highest BCUT2D eigenvalue weighted by Crippen LogP contribution is 2.40. The second-order valence-corrected chi connectivity index (χ2v) is 8.41. The Bertz CT molecular complexity index is 1220. The summed E-state index contributed by atoms with van der Waals surface area (Å²) in [6, 6.07) is 15.1. The van der Waals surface area contributed by atoms with Crippen LogP contribution in [0.3, 0.4) is 0 Å². The van der Waals surface area contributed by atoms with Gasteiger partial charge in [-0.2, -0.15) is 15.3 Å². The summed E-state index contributed by atoms with van der Waals surface area (Å²) in [5.74, 6) is 0.406. The number of nitrogens with two attached hydrogens (primary N) is 1. The van der Waals surface area contributed by atoms with E-state index in [-0.39, 0.29) is 0 Å². The van der Waals surface area contributed by atoms with Gasteiger partial charge in [0.25, 0.3) is 7.76 Å². The normalized spacial score (nSPS) is 10.9. The van der Waals surface area contributed by atoms with Crippen LogP contribution in [0.15, 0.2) is 48.7 Å². The first kappa shape index (κ1) is 17.2. The summed E-state index contributed by atoms with van der Waals surface area (Å²) in [6.07, 6.45) is 1.77. The second-order valence-electron chi connectivity index (χ2n) is 6.38. The van der Waals surface area contributed by atoms with Crippen molar-refractivity contribution in [3.8, 4) is 28.5 Å². The van der Waals surface area contributed by atoms with Gasteiger partial charge in [0.05, 0.1) is 17.2 Å². The van der Waals surface area contributed by atoms with Gasteiger partial charge in [-0.05, 0) is 35.9 Å². The fraction of sp³-hybridized carbons (Fsp3) is 0.100. The molecular weight excluding hydrogens is 357 g/mol. The predicted octanol–water partition coefficient (Wildman–Crippen LogP) is 4.16. The minimum atomic E-state index is -1.25. The third-order valence-corrected chi connectivity index (χ3v) is 6.05. The molecule has 0 radical (unpaired) electrons. The van der Waals surface area contributed by atoms with E-state index in [1.54, 1.807) is 22.8 Å². The van der Waals surface area contributed by atoms with E-state index < -0.39 is 7.76 Å². The van der Waals surface area contributed by atoms with Gasteiger partial charge in [-0.3, -0.25) is 0 Å². The molecule has 1 aromatic carbocycles. The number of nitriles is 1. The molecule has 7 heteroatoms. The van der Waals surface area contributed by atoms with Crippen molar-refractivity contribution in [1.29, 1.82) is 5.26 Å². The number of nitrogen functional groups attached to an aromatic ring is 1. The minimum Gasteiger partial charge on any atom is -0.384 e. The van der Waals surface area contributed by atoms with Crippen molar-refractivity contribution in [2.24, 2.45) is 0 Å². The number of benzene rings is 1. The summed E-state index contributed by atoms with van der Waals surface area (Å²) in [4.78, 5) is 14.8. The fourth-order valence-electron chi connectivity index (χ4n) is 3.18. The molecule has 3 N–H and O–H groups in total. The average Bonchev–Trinajstić information content (AvgIpc) is 3.04. The first-order valence-corrected chi connectivity index (χ1v) is 9.65. The van der Waals surface area contributed by atoms with Gasteiger partial charge in [0, 0.05) is 25.6 Å². The first-order valence-electron chi connectivity index (χ1n) is 8.36. The molecule has 0 aliphatic rings. The molecule has 0 saturated heterocycles. The lowest BCUT2D eigenvalue weighted by Gasteiger charge is -2.05. The van der Waals surface area contributed by atoms with E-state index in [2.05, 4.69) is 11.1 Å². The molecule has 3 aromatic heterocycles. The molecule has 3 heterocycles. The molecule has 0 amide bonds. The number of fused-ring (bicyclic) bond motifs is 1. The molecule has 0 bridgehead atoms. The number of aryl methyl sites for hydroxylation is 2. The Labute approximate surface area is 157 Å². The zero-order chi connectivity index (χ0) is 19.1. The number of anilines is 1. The Hall–Kier alpha value is -3.26. The molecule has 0 unspecified atom stereocenters. The largest absolute Gasteiger partial charge is 0.384 e. The van der Waals surface area contributed by atoms with E-state index in [9.17, 15) is 10.2 Å². The molecule has 4 aromatic rings. The maximum absolute atomic E-state index is 10.3. The molecule has 6 nitrogen and oxygen atoms in total. The first-order chi connectivity index (χ1) is 13.0. The monoisotopic (exact) mass is 374 g/mol. The summed E-state index contributed by atoms with van der Waals surface area (Å²) in [7, 11) is -1.25. The zero-order valence-electron chi connectivity index (χ0n) is 14.9. The van der Waals surface area contributed by atoms with Gasteiger partial charge in [0.2, 0.25) is 0 Å². The van der Waals surface area contributed by atoms with E-state index in [0.29, 0.717) is 17.0 Å². The van der Waals surface area contributed by atoms with Gasteiger partial charge in [0.1, 0.15) is 11.5 Å². The van der Waals surface area contributed by atoms with E-state index >= 15 is 0 Å². The van der Waals surface area contributed by atoms with Crippen molar-refractivity contribution >= 4 is 19.2 Å². The van der Waals surface area contributed by atoms with Crippen LogP contribution < -0.4 is 5.73 Å². The van der Waals surface area contributed by atoms with Crippen LogP contribution in [0.4, 0.5) is 5.82 Å². The molecule has 132 valence electrons. The lowest BCUT2D eigenvalue weighted by atomic mass is 10.0. The van der Waals surface area contributed by atoms with Crippen LogP contribution in [0.1, 0.15) is 16.2 Å². The molecule has 0 spiro atoms. The molecular formula is C20H17N5OP+. The van der Waals surface area contributed by atoms with Crippen molar-refractivity contribution < 1.29 is 4.89 Å². The van der Waals surface area contributed by atoms with Gasteiger partial charge in [-0.15, -0.1) is 0 Å². The lowest BCUT2D eigenvalue weighted by Crippen LogP contribution is -1.95. The Kier molecular flexibility index (Phi) is 4.12. The van der Waals surface area contributed by atoms with Crippen molar-refractivity contribution in [3.05, 3.63) is 64.8 Å². The lowest BCUT2D eigenvalue weighted by molar-refractivity contribution is 0.646. The summed E-state index contributed by atoms with van der Waals surface area (Å²) in [6.45, 7) is 3.84. The Morgan fingerprint density at radius 1 is 1.11 bits per heavy atom. The summed E-state index contributed by atoms with van der Waals surface area (Å²) in [5.41, 5.74) is 10.4. The highest BCUT2D eigenvalue weighted by molar-refractivity contribution is 7.45.